The molecule has 144 valence electrons. The first-order valence-electron chi connectivity index (χ1n) is 8.45. The van der Waals surface area contributed by atoms with Crippen LogP contribution in [0.5, 0.6) is 0 Å². The van der Waals surface area contributed by atoms with Crippen molar-refractivity contribution < 1.29 is 13.2 Å². The van der Waals surface area contributed by atoms with Gasteiger partial charge in [-0.05, 0) is 25.2 Å². The molecule has 1 N–H and O–H groups in total. The van der Waals surface area contributed by atoms with Crippen LogP contribution in [0.4, 0.5) is 0 Å². The Hall–Kier alpha value is -1.97. The van der Waals surface area contributed by atoms with E-state index in [0.717, 1.165) is 17.9 Å². The first-order valence-corrected chi connectivity index (χ1v) is 9.89. The number of rotatable bonds is 8. The molecule has 26 heavy (non-hydrogen) atoms. The summed E-state index contributed by atoms with van der Waals surface area (Å²) in [5.74, 6) is 0.818. The molecule has 0 atom stereocenters. The monoisotopic (exact) mass is 381 g/mol. The highest BCUT2D eigenvalue weighted by atomic mass is 32.2. The van der Waals surface area contributed by atoms with E-state index in [4.69, 9.17) is 0 Å². The molecule has 1 amide bonds. The van der Waals surface area contributed by atoms with Gasteiger partial charge >= 0.3 is 0 Å². The number of carbonyl (C=O) groups is 1. The summed E-state index contributed by atoms with van der Waals surface area (Å²) in [5.41, 5.74) is 1.45. The molecule has 1 aromatic heterocycles. The summed E-state index contributed by atoms with van der Waals surface area (Å²) in [6, 6.07) is 4.91. The van der Waals surface area contributed by atoms with E-state index in [9.17, 15) is 13.2 Å². The molecule has 1 aromatic carbocycles. The van der Waals surface area contributed by atoms with Gasteiger partial charge in [-0.25, -0.2) is 17.7 Å². The van der Waals surface area contributed by atoms with Crippen LogP contribution < -0.4 is 5.32 Å². The molecule has 0 saturated heterocycles. The van der Waals surface area contributed by atoms with E-state index in [-0.39, 0.29) is 10.8 Å². The van der Waals surface area contributed by atoms with Gasteiger partial charge in [-0.15, -0.1) is 0 Å². The lowest BCUT2D eigenvalue weighted by Crippen LogP contribution is -2.33. The summed E-state index contributed by atoms with van der Waals surface area (Å²) in [5, 5.41) is 3.02. The van der Waals surface area contributed by atoms with Crippen LogP contribution in [0, 0.1) is 0 Å². The Morgan fingerprint density at radius 3 is 2.58 bits per heavy atom. The number of nitrogens with one attached hydrogen (secondary N) is 1. The number of aromatic nitrogens is 2. The maximum atomic E-state index is 12.3. The highest BCUT2D eigenvalue weighted by molar-refractivity contribution is 7.89. The predicted octanol–water partition coefficient (Wildman–Crippen LogP) is 0.434. The smallest absolute Gasteiger partial charge is 0.242 e. The van der Waals surface area contributed by atoms with Crippen molar-refractivity contribution in [2.75, 3.05) is 41.3 Å². The zero-order valence-corrected chi connectivity index (χ0v) is 16.8. The normalized spacial score (nSPS) is 12.1. The number of likely N-dealkylation sites (N-methyl/N-ethyl adjacent to an activating group) is 2. The number of sulfonamides is 1. The zero-order valence-electron chi connectivity index (χ0n) is 16.0. The quantitative estimate of drug-likeness (QED) is 0.717. The van der Waals surface area contributed by atoms with Gasteiger partial charge in [-0.1, -0.05) is 0 Å². The van der Waals surface area contributed by atoms with Crippen LogP contribution in [0.2, 0.25) is 0 Å². The lowest BCUT2D eigenvalue weighted by Gasteiger charge is -2.16. The molecular weight excluding hydrogens is 354 g/mol. The third-order valence-electron chi connectivity index (χ3n) is 4.41. The van der Waals surface area contributed by atoms with Crippen LogP contribution in [0.25, 0.3) is 11.0 Å². The number of hydrogen-bond acceptors (Lipinski definition) is 5. The van der Waals surface area contributed by atoms with Gasteiger partial charge in [0.1, 0.15) is 5.82 Å². The molecular formula is C17H27N5O3S. The number of nitrogens with zero attached hydrogens (tertiary/aromatic N) is 4. The fourth-order valence-corrected chi connectivity index (χ4v) is 3.56. The maximum Gasteiger partial charge on any atom is 0.242 e. The largest absolute Gasteiger partial charge is 0.344 e. The highest BCUT2D eigenvalue weighted by Crippen LogP contribution is 2.21. The van der Waals surface area contributed by atoms with E-state index in [0.29, 0.717) is 24.9 Å². The SMILES string of the molecule is CNCCN(C)C(=O)CCc1nc2cc(S(=O)(=O)N(C)C)ccc2n1C. The number of imidazole rings is 1. The third-order valence-corrected chi connectivity index (χ3v) is 6.22. The van der Waals surface area contributed by atoms with Gasteiger partial charge in [-0.2, -0.15) is 0 Å². The Morgan fingerprint density at radius 1 is 1.27 bits per heavy atom. The van der Waals surface area contributed by atoms with Crippen molar-refractivity contribution in [2.45, 2.75) is 17.7 Å². The van der Waals surface area contributed by atoms with Crippen LogP contribution in [-0.2, 0) is 28.3 Å². The van der Waals surface area contributed by atoms with Crippen LogP contribution in [-0.4, -0.2) is 74.4 Å². The Bertz CT molecular complexity index is 889. The van der Waals surface area contributed by atoms with Crippen LogP contribution in [0.1, 0.15) is 12.2 Å². The first kappa shape index (κ1) is 20.3. The topological polar surface area (TPSA) is 87.5 Å². The van der Waals surface area contributed by atoms with Gasteiger partial charge in [0.2, 0.25) is 15.9 Å². The minimum absolute atomic E-state index is 0.0585. The summed E-state index contributed by atoms with van der Waals surface area (Å²) in [4.78, 5) is 18.6. The van der Waals surface area contributed by atoms with E-state index in [2.05, 4.69) is 10.3 Å². The number of aryl methyl sites for hydroxylation is 2. The molecule has 0 aliphatic carbocycles. The van der Waals surface area contributed by atoms with Gasteiger partial charge in [0.25, 0.3) is 0 Å². The summed E-state index contributed by atoms with van der Waals surface area (Å²) < 4.78 is 27.6. The lowest BCUT2D eigenvalue weighted by molar-refractivity contribution is -0.129. The molecule has 0 aliphatic heterocycles. The Balaban J connectivity index is 2.20. The third kappa shape index (κ3) is 4.22. The van der Waals surface area contributed by atoms with Crippen molar-refractivity contribution in [3.05, 3.63) is 24.0 Å². The van der Waals surface area contributed by atoms with Crippen LogP contribution in [0.3, 0.4) is 0 Å². The average molecular weight is 382 g/mol. The lowest BCUT2D eigenvalue weighted by atomic mass is 10.2. The molecule has 9 heteroatoms. The molecule has 0 radical (unpaired) electrons. The van der Waals surface area contributed by atoms with E-state index < -0.39 is 10.0 Å². The number of amides is 1. The summed E-state index contributed by atoms with van der Waals surface area (Å²) in [6.45, 7) is 1.40. The number of fused-ring (bicyclic) bond motifs is 1. The van der Waals surface area contributed by atoms with Gasteiger partial charge in [0.05, 0.1) is 15.9 Å². The van der Waals surface area contributed by atoms with Crippen molar-refractivity contribution in [1.82, 2.24) is 24.1 Å². The fourth-order valence-electron chi connectivity index (χ4n) is 2.64. The molecule has 0 unspecified atom stereocenters. The van der Waals surface area contributed by atoms with Crippen LogP contribution in [0.15, 0.2) is 23.1 Å². The first-order chi connectivity index (χ1) is 12.2. The molecule has 0 saturated carbocycles. The van der Waals surface area contributed by atoms with E-state index in [1.54, 1.807) is 30.1 Å². The number of carbonyl (C=O) groups excluding carboxylic acids is 1. The minimum Gasteiger partial charge on any atom is -0.344 e. The van der Waals surface area contributed by atoms with Crippen molar-refractivity contribution in [1.29, 1.82) is 0 Å². The van der Waals surface area contributed by atoms with Gasteiger partial charge < -0.3 is 14.8 Å². The number of hydrogen-bond donors (Lipinski definition) is 1. The van der Waals surface area contributed by atoms with Crippen molar-refractivity contribution in [3.63, 3.8) is 0 Å². The maximum absolute atomic E-state index is 12.3. The molecule has 0 bridgehead atoms. The number of benzene rings is 1. The van der Waals surface area contributed by atoms with Gasteiger partial charge in [0.15, 0.2) is 0 Å². The Morgan fingerprint density at radius 2 is 1.96 bits per heavy atom. The fraction of sp³-hybridized carbons (Fsp3) is 0.529. The predicted molar refractivity (Wildman–Crippen MR) is 101 cm³/mol. The van der Waals surface area contributed by atoms with Crippen molar-refractivity contribution in [2.24, 2.45) is 7.05 Å². The highest BCUT2D eigenvalue weighted by Gasteiger charge is 2.19. The average Bonchev–Trinajstić information content (AvgIpc) is 2.92. The molecule has 2 rings (SSSR count). The summed E-state index contributed by atoms with van der Waals surface area (Å²) in [6.07, 6.45) is 0.865. The van der Waals surface area contributed by atoms with Crippen molar-refractivity contribution in [3.8, 4) is 0 Å². The van der Waals surface area contributed by atoms with E-state index in [1.165, 1.54) is 18.4 Å². The standard InChI is InChI=1S/C17H27N5O3S/c1-18-10-11-21(4)17(23)9-8-16-19-14-12-13(26(24,25)20(2)3)6-7-15(14)22(16)5/h6-7,12,18H,8-11H2,1-5H3. The molecule has 2 aromatic rings. The van der Waals surface area contributed by atoms with E-state index >= 15 is 0 Å². The summed E-state index contributed by atoms with van der Waals surface area (Å²) in [7, 11) is 5.01. The molecule has 1 heterocycles. The Labute approximate surface area is 154 Å². The van der Waals surface area contributed by atoms with E-state index in [1.807, 2.05) is 18.7 Å². The molecule has 0 aliphatic rings. The minimum atomic E-state index is -3.50. The molecule has 0 spiro atoms. The van der Waals surface area contributed by atoms with Crippen LogP contribution >= 0.6 is 0 Å². The Kier molecular flexibility index (Phi) is 6.38. The van der Waals surface area contributed by atoms with Gasteiger partial charge in [-0.3, -0.25) is 4.79 Å². The van der Waals surface area contributed by atoms with Gasteiger partial charge in [0, 0.05) is 54.1 Å². The van der Waals surface area contributed by atoms with Crippen molar-refractivity contribution >= 4 is 27.0 Å². The second-order valence-electron chi connectivity index (χ2n) is 6.44. The summed E-state index contributed by atoms with van der Waals surface area (Å²) >= 11 is 0. The zero-order chi connectivity index (χ0) is 19.5. The second kappa shape index (κ2) is 8.15. The second-order valence-corrected chi connectivity index (χ2v) is 8.60. The molecule has 8 nitrogen and oxygen atoms in total. The molecule has 0 fully saturated rings.